The van der Waals surface area contributed by atoms with Crippen molar-refractivity contribution in [2.45, 2.75) is 24.3 Å². The Morgan fingerprint density at radius 1 is 1.53 bits per heavy atom. The van der Waals surface area contributed by atoms with Crippen LogP contribution in [-0.2, 0) is 10.0 Å². The lowest BCUT2D eigenvalue weighted by Gasteiger charge is -2.17. The molecule has 0 aliphatic carbocycles. The highest BCUT2D eigenvalue weighted by atomic mass is 35.5. The first kappa shape index (κ1) is 14.2. The molecule has 0 amide bonds. The molecule has 6 nitrogen and oxygen atoms in total. The average molecular weight is 281 g/mol. The fourth-order valence-electron chi connectivity index (χ4n) is 0.948. The van der Waals surface area contributed by atoms with Crippen molar-refractivity contribution in [1.82, 2.24) is 9.71 Å². The first-order valence-corrected chi connectivity index (χ1v) is 6.58. The maximum Gasteiger partial charge on any atom is 0.266 e. The van der Waals surface area contributed by atoms with Crippen molar-refractivity contribution >= 4 is 21.6 Å². The Balaban J connectivity index is 2.98. The highest BCUT2D eigenvalue weighted by Crippen LogP contribution is 2.11. The van der Waals surface area contributed by atoms with E-state index in [0.717, 1.165) is 12.3 Å². The van der Waals surface area contributed by atoms with Crippen molar-refractivity contribution < 1.29 is 13.5 Å². The molecule has 0 aromatic carbocycles. The van der Waals surface area contributed by atoms with E-state index in [4.69, 9.17) is 11.6 Å². The predicted octanol–water partition coefficient (Wildman–Crippen LogP) is 0.0775. The maximum absolute atomic E-state index is 11.7. The van der Waals surface area contributed by atoms with Crippen LogP contribution in [0.2, 0.25) is 5.02 Å². The van der Waals surface area contributed by atoms with Gasteiger partial charge in [0.1, 0.15) is 5.02 Å². The largest absolute Gasteiger partial charge is 0.389 e. The minimum Gasteiger partial charge on any atom is -0.389 e. The number of aromatic nitrogens is 1. The number of aliphatic hydroxyl groups is 1. The van der Waals surface area contributed by atoms with E-state index in [1.54, 1.807) is 0 Å². The lowest BCUT2D eigenvalue weighted by Crippen LogP contribution is -2.38. The zero-order chi connectivity index (χ0) is 13.3. The zero-order valence-corrected chi connectivity index (χ0v) is 10.9. The summed E-state index contributed by atoms with van der Waals surface area (Å²) in [5.74, 6) is 0. The van der Waals surface area contributed by atoms with E-state index in [2.05, 4.69) is 9.71 Å². The number of nitrogens with one attached hydrogen (secondary N) is 2. The van der Waals surface area contributed by atoms with Gasteiger partial charge in [0.25, 0.3) is 5.56 Å². The number of sulfonamides is 1. The Kier molecular flexibility index (Phi) is 3.98. The molecule has 0 spiro atoms. The summed E-state index contributed by atoms with van der Waals surface area (Å²) in [7, 11) is -3.80. The van der Waals surface area contributed by atoms with Crippen LogP contribution < -0.4 is 10.3 Å². The summed E-state index contributed by atoms with van der Waals surface area (Å²) in [6.07, 6.45) is 1.04. The van der Waals surface area contributed by atoms with Gasteiger partial charge < -0.3 is 10.1 Å². The van der Waals surface area contributed by atoms with Gasteiger partial charge in [-0.2, -0.15) is 0 Å². The standard InChI is InChI=1S/C9H13ClN2O4S/c1-9(2,14)5-12-17(15,16)6-3-7(10)8(13)11-4-6/h3-4,12,14H,5H2,1-2H3,(H,11,13). The summed E-state index contributed by atoms with van der Waals surface area (Å²) in [6.45, 7) is 2.79. The fraction of sp³-hybridized carbons (Fsp3) is 0.444. The van der Waals surface area contributed by atoms with E-state index in [0.29, 0.717) is 0 Å². The minimum absolute atomic E-state index is 0.147. The monoisotopic (exact) mass is 280 g/mol. The topological polar surface area (TPSA) is 99.3 Å². The molecule has 0 atom stereocenters. The van der Waals surface area contributed by atoms with Crippen molar-refractivity contribution in [3.05, 3.63) is 27.6 Å². The fourth-order valence-corrected chi connectivity index (χ4v) is 2.38. The van der Waals surface area contributed by atoms with Gasteiger partial charge in [0.2, 0.25) is 10.0 Å². The molecule has 8 heteroatoms. The summed E-state index contributed by atoms with van der Waals surface area (Å²) >= 11 is 5.52. The number of halogens is 1. The number of aromatic amines is 1. The van der Waals surface area contributed by atoms with Crippen LogP contribution in [0.1, 0.15) is 13.8 Å². The van der Waals surface area contributed by atoms with Gasteiger partial charge in [-0.15, -0.1) is 0 Å². The SMILES string of the molecule is CC(C)(O)CNS(=O)(=O)c1c[nH]c(=O)c(Cl)c1. The number of hydrogen-bond acceptors (Lipinski definition) is 4. The van der Waals surface area contributed by atoms with Gasteiger partial charge in [0.15, 0.2) is 0 Å². The van der Waals surface area contributed by atoms with Crippen LogP contribution in [0.3, 0.4) is 0 Å². The third-order valence-corrected chi connectivity index (χ3v) is 3.50. The molecule has 0 saturated carbocycles. The van der Waals surface area contributed by atoms with Crippen molar-refractivity contribution in [3.8, 4) is 0 Å². The minimum atomic E-state index is -3.80. The van der Waals surface area contributed by atoms with Gasteiger partial charge in [-0.05, 0) is 19.9 Å². The lowest BCUT2D eigenvalue weighted by atomic mass is 10.1. The van der Waals surface area contributed by atoms with Crippen LogP contribution >= 0.6 is 11.6 Å². The molecule has 3 N–H and O–H groups in total. The van der Waals surface area contributed by atoms with Crippen LogP contribution in [0.15, 0.2) is 22.0 Å². The molecular formula is C9H13ClN2O4S. The molecule has 0 aliphatic heterocycles. The Labute approximate surface area is 104 Å². The molecule has 1 heterocycles. The Bertz CT molecular complexity index is 559. The molecule has 0 unspecified atom stereocenters. The third-order valence-electron chi connectivity index (χ3n) is 1.84. The summed E-state index contributed by atoms with van der Waals surface area (Å²) in [5, 5.41) is 9.20. The molecule has 17 heavy (non-hydrogen) atoms. The molecular weight excluding hydrogens is 268 g/mol. The van der Waals surface area contributed by atoms with Crippen molar-refractivity contribution in [1.29, 1.82) is 0 Å². The Morgan fingerprint density at radius 3 is 2.59 bits per heavy atom. The van der Waals surface area contributed by atoms with Crippen LogP contribution in [0.25, 0.3) is 0 Å². The van der Waals surface area contributed by atoms with E-state index in [9.17, 15) is 18.3 Å². The number of H-pyrrole nitrogens is 1. The normalized spacial score (nSPS) is 12.7. The molecule has 1 rings (SSSR count). The first-order chi connectivity index (χ1) is 7.62. The molecule has 0 saturated heterocycles. The molecule has 96 valence electrons. The number of rotatable bonds is 4. The predicted molar refractivity (Wildman–Crippen MR) is 63.6 cm³/mol. The van der Waals surface area contributed by atoms with E-state index in [1.165, 1.54) is 13.8 Å². The molecule has 0 bridgehead atoms. The van der Waals surface area contributed by atoms with Gasteiger partial charge in [-0.1, -0.05) is 11.6 Å². The molecule has 1 aromatic rings. The first-order valence-electron chi connectivity index (χ1n) is 4.72. The van der Waals surface area contributed by atoms with E-state index >= 15 is 0 Å². The van der Waals surface area contributed by atoms with E-state index in [1.807, 2.05) is 0 Å². The number of pyridine rings is 1. The maximum atomic E-state index is 11.7. The third kappa shape index (κ3) is 4.12. The van der Waals surface area contributed by atoms with Crippen molar-refractivity contribution in [2.75, 3.05) is 6.54 Å². The highest BCUT2D eigenvalue weighted by Gasteiger charge is 2.20. The number of hydrogen-bond donors (Lipinski definition) is 3. The summed E-state index contributed by atoms with van der Waals surface area (Å²) < 4.78 is 25.7. The summed E-state index contributed by atoms with van der Waals surface area (Å²) in [6, 6.07) is 1.05. The molecule has 0 fully saturated rings. The van der Waals surface area contributed by atoms with Gasteiger partial charge >= 0.3 is 0 Å². The van der Waals surface area contributed by atoms with Crippen LogP contribution in [0.4, 0.5) is 0 Å². The second-order valence-corrected chi connectivity index (χ2v) is 6.32. The Morgan fingerprint density at radius 2 is 2.12 bits per heavy atom. The molecule has 0 aliphatic rings. The van der Waals surface area contributed by atoms with Crippen LogP contribution in [-0.4, -0.2) is 30.7 Å². The molecule has 0 radical (unpaired) electrons. The van der Waals surface area contributed by atoms with Gasteiger partial charge in [-0.25, -0.2) is 13.1 Å². The quantitative estimate of drug-likeness (QED) is 0.727. The molecule has 1 aromatic heterocycles. The van der Waals surface area contributed by atoms with Gasteiger partial charge in [0, 0.05) is 12.7 Å². The van der Waals surface area contributed by atoms with E-state index in [-0.39, 0.29) is 16.5 Å². The average Bonchev–Trinajstić information content (AvgIpc) is 2.18. The highest BCUT2D eigenvalue weighted by molar-refractivity contribution is 7.89. The lowest BCUT2D eigenvalue weighted by molar-refractivity contribution is 0.0857. The zero-order valence-electron chi connectivity index (χ0n) is 9.32. The van der Waals surface area contributed by atoms with Crippen LogP contribution in [0, 0.1) is 0 Å². The second kappa shape index (κ2) is 4.77. The van der Waals surface area contributed by atoms with Crippen molar-refractivity contribution in [2.24, 2.45) is 0 Å². The summed E-state index contributed by atoms with van der Waals surface area (Å²) in [4.78, 5) is 13.0. The Hall–Kier alpha value is -0.890. The van der Waals surface area contributed by atoms with Gasteiger partial charge in [-0.3, -0.25) is 4.79 Å². The van der Waals surface area contributed by atoms with Crippen molar-refractivity contribution in [3.63, 3.8) is 0 Å². The smallest absolute Gasteiger partial charge is 0.266 e. The summed E-state index contributed by atoms with van der Waals surface area (Å²) in [5.41, 5.74) is -1.73. The van der Waals surface area contributed by atoms with Gasteiger partial charge in [0.05, 0.1) is 10.5 Å². The second-order valence-electron chi connectivity index (χ2n) is 4.15. The van der Waals surface area contributed by atoms with Crippen LogP contribution in [0.5, 0.6) is 0 Å². The van der Waals surface area contributed by atoms with E-state index < -0.39 is 21.2 Å².